The molecule has 2 rings (SSSR count). The van der Waals surface area contributed by atoms with Gasteiger partial charge < -0.3 is 10.3 Å². The molecule has 2 atom stereocenters. The topological polar surface area (TPSA) is 74.6 Å². The van der Waals surface area contributed by atoms with E-state index in [0.717, 1.165) is 23.0 Å². The third kappa shape index (κ3) is 2.98. The van der Waals surface area contributed by atoms with Gasteiger partial charge in [-0.1, -0.05) is 18.7 Å². The van der Waals surface area contributed by atoms with Gasteiger partial charge in [0, 0.05) is 31.9 Å². The zero-order valence-electron chi connectivity index (χ0n) is 11.7. The highest BCUT2D eigenvalue weighted by Crippen LogP contribution is 2.36. The van der Waals surface area contributed by atoms with Gasteiger partial charge in [-0.25, -0.2) is 0 Å². The summed E-state index contributed by atoms with van der Waals surface area (Å²) in [6.45, 7) is 4.03. The average molecular weight is 280 g/mol. The Morgan fingerprint density at radius 2 is 2.11 bits per heavy atom. The maximum Gasteiger partial charge on any atom is 0.191 e. The number of hydrogen-bond acceptors (Lipinski definition) is 5. The minimum atomic E-state index is 0.0613. The van der Waals surface area contributed by atoms with Crippen LogP contribution in [0.15, 0.2) is 17.6 Å². The number of hydrogen-bond donors (Lipinski definition) is 1. The lowest BCUT2D eigenvalue weighted by molar-refractivity contribution is 0.629. The third-order valence-electron chi connectivity index (χ3n) is 3.20. The fourth-order valence-corrected chi connectivity index (χ4v) is 3.04. The fraction of sp³-hybridized carbons (Fsp3) is 0.583. The van der Waals surface area contributed by atoms with Crippen molar-refractivity contribution in [2.45, 2.75) is 36.7 Å². The number of thioether (sulfide) groups is 1. The summed E-state index contributed by atoms with van der Waals surface area (Å²) >= 11 is 1.65. The molecule has 2 N–H and O–H groups in total. The number of aromatic nitrogens is 5. The lowest BCUT2D eigenvalue weighted by atomic mass is 10.1. The maximum absolute atomic E-state index is 6.25. The second-order valence-corrected chi connectivity index (χ2v) is 5.76. The van der Waals surface area contributed by atoms with E-state index >= 15 is 0 Å². The fourth-order valence-electron chi connectivity index (χ4n) is 1.81. The summed E-state index contributed by atoms with van der Waals surface area (Å²) in [4.78, 5) is 0. The molecule has 0 saturated heterocycles. The molecule has 2 aromatic rings. The van der Waals surface area contributed by atoms with E-state index in [1.54, 1.807) is 16.4 Å². The molecule has 0 aliphatic rings. The first-order valence-electron chi connectivity index (χ1n) is 6.29. The monoisotopic (exact) mass is 280 g/mol. The van der Waals surface area contributed by atoms with Crippen LogP contribution in [0.5, 0.6) is 0 Å². The van der Waals surface area contributed by atoms with Crippen LogP contribution in [-0.2, 0) is 14.1 Å². The average Bonchev–Trinajstić information content (AvgIpc) is 2.95. The summed E-state index contributed by atoms with van der Waals surface area (Å²) in [5.41, 5.74) is 7.38. The Morgan fingerprint density at radius 1 is 1.37 bits per heavy atom. The van der Waals surface area contributed by atoms with Gasteiger partial charge in [0.05, 0.1) is 11.4 Å². The molecule has 0 radical (unpaired) electrons. The van der Waals surface area contributed by atoms with E-state index in [4.69, 9.17) is 5.73 Å². The molecule has 0 amide bonds. The van der Waals surface area contributed by atoms with Crippen molar-refractivity contribution >= 4 is 11.8 Å². The Kier molecular flexibility index (Phi) is 4.26. The molecule has 7 heteroatoms. The Labute approximate surface area is 117 Å². The zero-order valence-corrected chi connectivity index (χ0v) is 12.6. The number of aryl methyl sites for hydroxylation is 2. The standard InChI is InChI=1S/C12H20N6S/c1-5-10(13)11(9-6-14-17(3)7-9)19-12-16-15-8(2)18(12)4/h6-7,10-11H,5,13H2,1-4H3. The van der Waals surface area contributed by atoms with Gasteiger partial charge in [0.25, 0.3) is 0 Å². The van der Waals surface area contributed by atoms with Crippen LogP contribution in [0.2, 0.25) is 0 Å². The first kappa shape index (κ1) is 14.1. The summed E-state index contributed by atoms with van der Waals surface area (Å²) in [6, 6.07) is 0.0613. The Hall–Kier alpha value is -1.34. The first-order valence-corrected chi connectivity index (χ1v) is 7.17. The van der Waals surface area contributed by atoms with E-state index < -0.39 is 0 Å². The van der Waals surface area contributed by atoms with Crippen LogP contribution in [0.4, 0.5) is 0 Å². The highest BCUT2D eigenvalue weighted by atomic mass is 32.2. The van der Waals surface area contributed by atoms with Crippen LogP contribution >= 0.6 is 11.8 Å². The van der Waals surface area contributed by atoms with Crippen LogP contribution in [0, 0.1) is 6.92 Å². The van der Waals surface area contributed by atoms with E-state index in [0.29, 0.717) is 0 Å². The van der Waals surface area contributed by atoms with Crippen molar-refractivity contribution in [2.24, 2.45) is 19.8 Å². The van der Waals surface area contributed by atoms with Gasteiger partial charge in [0.2, 0.25) is 0 Å². The predicted octanol–water partition coefficient (Wildman–Crippen LogP) is 1.43. The molecule has 6 nitrogen and oxygen atoms in total. The number of nitrogens with two attached hydrogens (primary N) is 1. The van der Waals surface area contributed by atoms with Crippen molar-refractivity contribution in [3.63, 3.8) is 0 Å². The third-order valence-corrected chi connectivity index (χ3v) is 4.64. The molecule has 0 bridgehead atoms. The molecule has 0 spiro atoms. The van der Waals surface area contributed by atoms with E-state index in [1.165, 1.54) is 0 Å². The van der Waals surface area contributed by atoms with Crippen molar-refractivity contribution in [3.05, 3.63) is 23.8 Å². The van der Waals surface area contributed by atoms with Crippen LogP contribution in [0.3, 0.4) is 0 Å². The lowest BCUT2D eigenvalue weighted by Crippen LogP contribution is -2.25. The van der Waals surface area contributed by atoms with Crippen molar-refractivity contribution < 1.29 is 0 Å². The molecule has 0 fully saturated rings. The van der Waals surface area contributed by atoms with Crippen molar-refractivity contribution in [2.75, 3.05) is 0 Å². The van der Waals surface area contributed by atoms with Crippen molar-refractivity contribution in [3.8, 4) is 0 Å². The van der Waals surface area contributed by atoms with E-state index in [9.17, 15) is 0 Å². The molecule has 104 valence electrons. The van der Waals surface area contributed by atoms with Gasteiger partial charge in [-0.15, -0.1) is 10.2 Å². The predicted molar refractivity (Wildman–Crippen MR) is 75.8 cm³/mol. The largest absolute Gasteiger partial charge is 0.326 e. The summed E-state index contributed by atoms with van der Waals surface area (Å²) in [5.74, 6) is 0.900. The summed E-state index contributed by atoms with van der Waals surface area (Å²) < 4.78 is 3.78. The molecule has 2 unspecified atom stereocenters. The smallest absolute Gasteiger partial charge is 0.191 e. The Morgan fingerprint density at radius 3 is 2.58 bits per heavy atom. The normalized spacial score (nSPS) is 14.6. The molecule has 0 aromatic carbocycles. The second-order valence-electron chi connectivity index (χ2n) is 4.65. The minimum absolute atomic E-state index is 0.0613. The SMILES string of the molecule is CCC(N)C(Sc1nnc(C)n1C)c1cnn(C)c1. The van der Waals surface area contributed by atoms with Gasteiger partial charge in [-0.05, 0) is 13.3 Å². The van der Waals surface area contributed by atoms with Gasteiger partial charge in [-0.2, -0.15) is 5.10 Å². The van der Waals surface area contributed by atoms with Crippen molar-refractivity contribution in [1.82, 2.24) is 24.5 Å². The summed E-state index contributed by atoms with van der Waals surface area (Å²) in [6.07, 6.45) is 4.79. The Balaban J connectivity index is 2.26. The molecule has 2 aromatic heterocycles. The van der Waals surface area contributed by atoms with Gasteiger partial charge in [-0.3, -0.25) is 4.68 Å². The lowest BCUT2D eigenvalue weighted by Gasteiger charge is -2.20. The van der Waals surface area contributed by atoms with Crippen LogP contribution < -0.4 is 5.73 Å². The second kappa shape index (κ2) is 5.75. The van der Waals surface area contributed by atoms with E-state index in [-0.39, 0.29) is 11.3 Å². The molecule has 0 saturated carbocycles. The molecular weight excluding hydrogens is 260 g/mol. The van der Waals surface area contributed by atoms with Crippen LogP contribution in [0.25, 0.3) is 0 Å². The van der Waals surface area contributed by atoms with Gasteiger partial charge in [0.1, 0.15) is 5.82 Å². The highest BCUT2D eigenvalue weighted by molar-refractivity contribution is 7.99. The first-order chi connectivity index (χ1) is 9.02. The maximum atomic E-state index is 6.25. The van der Waals surface area contributed by atoms with Gasteiger partial charge in [0.15, 0.2) is 5.16 Å². The van der Waals surface area contributed by atoms with E-state index in [1.807, 2.05) is 38.0 Å². The van der Waals surface area contributed by atoms with Crippen LogP contribution in [-0.4, -0.2) is 30.6 Å². The minimum Gasteiger partial charge on any atom is -0.326 e. The summed E-state index contributed by atoms with van der Waals surface area (Å²) in [7, 11) is 3.88. The Bertz CT molecular complexity index is 546. The summed E-state index contributed by atoms with van der Waals surface area (Å²) in [5, 5.41) is 13.5. The van der Waals surface area contributed by atoms with E-state index in [2.05, 4.69) is 22.2 Å². The van der Waals surface area contributed by atoms with Gasteiger partial charge >= 0.3 is 0 Å². The highest BCUT2D eigenvalue weighted by Gasteiger charge is 2.23. The van der Waals surface area contributed by atoms with Crippen LogP contribution in [0.1, 0.15) is 30.0 Å². The van der Waals surface area contributed by atoms with Crippen molar-refractivity contribution in [1.29, 1.82) is 0 Å². The molecule has 0 aliphatic heterocycles. The molecule has 0 aliphatic carbocycles. The zero-order chi connectivity index (χ0) is 14.0. The number of rotatable bonds is 5. The molecule has 19 heavy (non-hydrogen) atoms. The quantitative estimate of drug-likeness (QED) is 0.839. The number of nitrogens with zero attached hydrogens (tertiary/aromatic N) is 5. The molecular formula is C12H20N6S. The molecule has 2 heterocycles.